The van der Waals surface area contributed by atoms with Gasteiger partial charge in [-0.15, -0.1) is 12.4 Å². The van der Waals surface area contributed by atoms with Crippen LogP contribution in [0.3, 0.4) is 0 Å². The topological polar surface area (TPSA) is 54.6 Å². The number of rotatable bonds is 3. The Morgan fingerprint density at radius 1 is 1.44 bits per heavy atom. The molecule has 0 saturated carbocycles. The zero-order valence-corrected chi connectivity index (χ0v) is 9.70. The molecule has 1 N–H and O–H groups in total. The molecule has 0 atom stereocenters. The van der Waals surface area contributed by atoms with Crippen molar-refractivity contribution in [3.63, 3.8) is 0 Å². The Morgan fingerprint density at radius 2 is 2.19 bits per heavy atom. The minimum atomic E-state index is -0.789. The smallest absolute Gasteiger partial charge is 0.303 e. The lowest BCUT2D eigenvalue weighted by Crippen LogP contribution is -1.97. The van der Waals surface area contributed by atoms with Crippen molar-refractivity contribution in [1.29, 1.82) is 0 Å². The Hall–Kier alpha value is -1.55. The maximum atomic E-state index is 10.4. The van der Waals surface area contributed by atoms with Crippen LogP contribution in [0.15, 0.2) is 24.5 Å². The molecule has 0 amide bonds. The molecule has 0 spiro atoms. The van der Waals surface area contributed by atoms with Crippen LogP contribution in [-0.4, -0.2) is 20.5 Å². The minimum Gasteiger partial charge on any atom is -0.481 e. The summed E-state index contributed by atoms with van der Waals surface area (Å²) in [5.74, 6) is -0.789. The van der Waals surface area contributed by atoms with E-state index in [1.807, 2.05) is 35.9 Å². The van der Waals surface area contributed by atoms with Gasteiger partial charge in [0, 0.05) is 18.8 Å². The molecule has 0 fully saturated rings. The van der Waals surface area contributed by atoms with Crippen LogP contribution in [0.2, 0.25) is 0 Å². The summed E-state index contributed by atoms with van der Waals surface area (Å²) in [5.41, 5.74) is 2.84. The van der Waals surface area contributed by atoms with E-state index >= 15 is 0 Å². The van der Waals surface area contributed by atoms with Crippen molar-refractivity contribution in [2.45, 2.75) is 19.8 Å². The van der Waals surface area contributed by atoms with E-state index in [9.17, 15) is 4.79 Å². The molecule has 86 valence electrons. The largest absolute Gasteiger partial charge is 0.481 e. The number of imidazole rings is 1. The number of hydrogen-bond donors (Lipinski definition) is 1. The highest BCUT2D eigenvalue weighted by Crippen LogP contribution is 2.08. The predicted molar refractivity (Wildman–Crippen MR) is 63.1 cm³/mol. The van der Waals surface area contributed by atoms with Gasteiger partial charge in [0.2, 0.25) is 0 Å². The van der Waals surface area contributed by atoms with Gasteiger partial charge in [0.25, 0.3) is 0 Å². The van der Waals surface area contributed by atoms with Crippen molar-refractivity contribution in [3.05, 3.63) is 35.8 Å². The van der Waals surface area contributed by atoms with E-state index in [0.29, 0.717) is 6.42 Å². The van der Waals surface area contributed by atoms with E-state index in [1.54, 1.807) is 0 Å². The van der Waals surface area contributed by atoms with Crippen molar-refractivity contribution in [2.75, 3.05) is 0 Å². The summed E-state index contributed by atoms with van der Waals surface area (Å²) in [5, 5.41) is 8.56. The fourth-order valence-corrected chi connectivity index (χ4v) is 1.51. The lowest BCUT2D eigenvalue weighted by molar-refractivity contribution is -0.136. The van der Waals surface area contributed by atoms with E-state index in [2.05, 4.69) is 4.98 Å². The fourth-order valence-electron chi connectivity index (χ4n) is 1.51. The molecule has 2 rings (SSSR count). The molecular weight excluding hydrogens is 228 g/mol. The summed E-state index contributed by atoms with van der Waals surface area (Å²) < 4.78 is 1.92. The number of aliphatic carboxylic acids is 1. The summed E-state index contributed by atoms with van der Waals surface area (Å²) >= 11 is 0. The van der Waals surface area contributed by atoms with Crippen molar-refractivity contribution < 1.29 is 9.90 Å². The average molecular weight is 241 g/mol. The highest BCUT2D eigenvalue weighted by molar-refractivity contribution is 5.85. The second-order valence-corrected chi connectivity index (χ2v) is 3.60. The molecule has 0 saturated heterocycles. The first-order valence-electron chi connectivity index (χ1n) is 4.81. The molecule has 16 heavy (non-hydrogen) atoms. The Bertz CT molecular complexity index is 508. The summed E-state index contributed by atoms with van der Waals surface area (Å²) in [6, 6.07) is 3.92. The Kier molecular flexibility index (Phi) is 3.90. The lowest BCUT2D eigenvalue weighted by atomic mass is 10.2. The molecule has 0 aliphatic carbocycles. The molecule has 0 bridgehead atoms. The quantitative estimate of drug-likeness (QED) is 0.894. The molecule has 0 unspecified atom stereocenters. The fraction of sp³-hybridized carbons (Fsp3) is 0.273. The van der Waals surface area contributed by atoms with Gasteiger partial charge in [-0.25, -0.2) is 4.98 Å². The van der Waals surface area contributed by atoms with E-state index in [4.69, 9.17) is 5.11 Å². The molecule has 0 aliphatic heterocycles. The molecule has 4 nitrogen and oxygen atoms in total. The Labute approximate surface area is 99.3 Å². The lowest BCUT2D eigenvalue weighted by Gasteiger charge is -1.93. The number of halogens is 1. The van der Waals surface area contributed by atoms with Gasteiger partial charge in [-0.2, -0.15) is 0 Å². The first-order chi connectivity index (χ1) is 7.15. The van der Waals surface area contributed by atoms with Crippen LogP contribution < -0.4 is 0 Å². The van der Waals surface area contributed by atoms with Crippen molar-refractivity contribution in [2.24, 2.45) is 0 Å². The molecule has 2 aromatic heterocycles. The molecule has 0 radical (unpaired) electrons. The van der Waals surface area contributed by atoms with Gasteiger partial charge >= 0.3 is 5.97 Å². The van der Waals surface area contributed by atoms with Crippen molar-refractivity contribution in [3.8, 4) is 0 Å². The maximum Gasteiger partial charge on any atom is 0.303 e. The van der Waals surface area contributed by atoms with Gasteiger partial charge < -0.3 is 9.51 Å². The van der Waals surface area contributed by atoms with E-state index in [-0.39, 0.29) is 18.8 Å². The Morgan fingerprint density at radius 3 is 2.88 bits per heavy atom. The highest BCUT2D eigenvalue weighted by Gasteiger charge is 2.03. The number of pyridine rings is 1. The van der Waals surface area contributed by atoms with E-state index in [0.717, 1.165) is 16.9 Å². The van der Waals surface area contributed by atoms with E-state index in [1.165, 1.54) is 0 Å². The monoisotopic (exact) mass is 240 g/mol. The summed E-state index contributed by atoms with van der Waals surface area (Å²) in [7, 11) is 0. The van der Waals surface area contributed by atoms with Crippen LogP contribution in [0, 0.1) is 6.92 Å². The number of nitrogens with zero attached hydrogens (tertiary/aromatic N) is 2. The molecule has 5 heteroatoms. The number of aryl methyl sites for hydroxylation is 2. The molecule has 0 aliphatic rings. The standard InChI is InChI=1S/C11H12N2O2.ClH/c1-8-2-4-10-12-9(3-5-11(14)15)7-13(10)6-8;/h2,4,6-7H,3,5H2,1H3,(H,14,15);1H. The third kappa shape index (κ3) is 2.73. The van der Waals surface area contributed by atoms with Crippen LogP contribution in [0.25, 0.3) is 5.65 Å². The van der Waals surface area contributed by atoms with Gasteiger partial charge in [0.15, 0.2) is 0 Å². The number of fused-ring (bicyclic) bond motifs is 1. The predicted octanol–water partition coefficient (Wildman–Crippen LogP) is 2.08. The number of carboxylic acid groups (broad SMARTS) is 1. The molecule has 2 heterocycles. The SMILES string of the molecule is Cc1ccc2nc(CCC(=O)O)cn2c1.Cl. The van der Waals surface area contributed by atoms with Gasteiger partial charge in [-0.1, -0.05) is 6.07 Å². The van der Waals surface area contributed by atoms with Gasteiger partial charge in [0.05, 0.1) is 12.1 Å². The van der Waals surface area contributed by atoms with E-state index < -0.39 is 5.97 Å². The third-order valence-corrected chi connectivity index (χ3v) is 2.24. The average Bonchev–Trinajstić information content (AvgIpc) is 2.56. The number of aromatic nitrogens is 2. The van der Waals surface area contributed by atoms with Crippen LogP contribution in [0.1, 0.15) is 17.7 Å². The highest BCUT2D eigenvalue weighted by atomic mass is 35.5. The van der Waals surface area contributed by atoms with Crippen LogP contribution in [0.5, 0.6) is 0 Å². The first-order valence-corrected chi connectivity index (χ1v) is 4.81. The summed E-state index contributed by atoms with van der Waals surface area (Å²) in [4.78, 5) is 14.7. The summed E-state index contributed by atoms with van der Waals surface area (Å²) in [6.07, 6.45) is 4.47. The molecular formula is C11H13ClN2O2. The van der Waals surface area contributed by atoms with Gasteiger partial charge in [-0.05, 0) is 18.6 Å². The number of carboxylic acids is 1. The second kappa shape index (κ2) is 4.99. The first kappa shape index (κ1) is 12.5. The van der Waals surface area contributed by atoms with Gasteiger partial charge in [-0.3, -0.25) is 4.79 Å². The second-order valence-electron chi connectivity index (χ2n) is 3.60. The summed E-state index contributed by atoms with van der Waals surface area (Å²) in [6.45, 7) is 2.01. The molecule has 0 aromatic carbocycles. The minimum absolute atomic E-state index is 0. The number of hydrogen-bond acceptors (Lipinski definition) is 2. The van der Waals surface area contributed by atoms with Crippen LogP contribution in [-0.2, 0) is 11.2 Å². The number of carbonyl (C=O) groups is 1. The zero-order valence-electron chi connectivity index (χ0n) is 8.88. The van der Waals surface area contributed by atoms with Crippen molar-refractivity contribution >= 4 is 24.0 Å². The Balaban J connectivity index is 0.00000128. The van der Waals surface area contributed by atoms with Crippen molar-refractivity contribution in [1.82, 2.24) is 9.38 Å². The normalized spacial score (nSPS) is 10.1. The van der Waals surface area contributed by atoms with Crippen LogP contribution in [0.4, 0.5) is 0 Å². The maximum absolute atomic E-state index is 10.4. The molecule has 2 aromatic rings. The third-order valence-electron chi connectivity index (χ3n) is 2.24. The van der Waals surface area contributed by atoms with Crippen LogP contribution >= 0.6 is 12.4 Å². The zero-order chi connectivity index (χ0) is 10.8. The van der Waals surface area contributed by atoms with Gasteiger partial charge in [0.1, 0.15) is 5.65 Å².